The minimum Gasteiger partial charge on any atom is -0.478 e. The molecule has 1 rings (SSSR count). The fourth-order valence-electron chi connectivity index (χ4n) is 1.07. The Hall–Kier alpha value is -1.07. The molecule has 0 heterocycles. The predicted molar refractivity (Wildman–Crippen MR) is 67.1 cm³/mol. The lowest BCUT2D eigenvalue weighted by Crippen LogP contribution is -2.10. The zero-order chi connectivity index (χ0) is 12.1. The number of esters is 1. The van der Waals surface area contributed by atoms with Gasteiger partial charge in [0.1, 0.15) is 0 Å². The van der Waals surface area contributed by atoms with Crippen LogP contribution in [0.1, 0.15) is 34.6 Å². The lowest BCUT2D eigenvalue weighted by Gasteiger charge is -2.06. The van der Waals surface area contributed by atoms with Gasteiger partial charge in [0.2, 0.25) is 0 Å². The largest absolute Gasteiger partial charge is 0.478 e. The molecular weight excluding hydrogens is 232 g/mol. The van der Waals surface area contributed by atoms with Crippen molar-refractivity contribution in [1.29, 1.82) is 0 Å². The van der Waals surface area contributed by atoms with Crippen LogP contribution in [0, 0.1) is 5.92 Å². The summed E-state index contributed by atoms with van der Waals surface area (Å²) in [5.41, 5.74) is 0.519. The molecule has 5 heteroatoms. The molecule has 0 fully saturated rings. The number of benzene rings is 1. The minimum absolute atomic E-state index is 0. The van der Waals surface area contributed by atoms with Crippen LogP contribution in [0.25, 0.3) is 0 Å². The number of rotatable bonds is 4. The normalized spacial score (nSPS) is 9.59. The van der Waals surface area contributed by atoms with Crippen molar-refractivity contribution < 1.29 is 19.4 Å². The van der Waals surface area contributed by atoms with Crippen LogP contribution in [0.4, 0.5) is 0 Å². The smallest absolute Gasteiger partial charge is 0.338 e. The summed E-state index contributed by atoms with van der Waals surface area (Å²) in [6.45, 7) is 4.25. The van der Waals surface area contributed by atoms with E-state index in [0.717, 1.165) is 0 Å². The molecule has 1 aromatic rings. The fraction of sp³-hybridized carbons (Fsp3) is 0.333. The molecule has 0 aliphatic heterocycles. The average molecular weight is 249 g/mol. The van der Waals surface area contributed by atoms with Crippen LogP contribution in [0.2, 0.25) is 0 Å². The molecule has 0 unspecified atom stereocenters. The maximum atomic E-state index is 11.5. The number of ether oxygens (including phenoxy) is 1. The van der Waals surface area contributed by atoms with Gasteiger partial charge in [0.15, 0.2) is 0 Å². The Morgan fingerprint density at radius 3 is 2.06 bits per heavy atom. The van der Waals surface area contributed by atoms with Crippen molar-refractivity contribution >= 4 is 35.0 Å². The van der Waals surface area contributed by atoms with E-state index in [4.69, 9.17) is 9.84 Å². The van der Waals surface area contributed by atoms with Gasteiger partial charge in [0, 0.05) is 0 Å². The first-order chi connectivity index (χ1) is 7.50. The molecular formula is C12H16MgO4. The third kappa shape index (κ3) is 5.19. The van der Waals surface area contributed by atoms with Gasteiger partial charge in [-0.2, -0.15) is 0 Å². The Labute approximate surface area is 116 Å². The Morgan fingerprint density at radius 2 is 1.65 bits per heavy atom. The summed E-state index contributed by atoms with van der Waals surface area (Å²) in [6.07, 6.45) is 0. The number of carboxylic acid groups (broad SMARTS) is 1. The third-order valence-corrected chi connectivity index (χ3v) is 1.92. The zero-order valence-electron chi connectivity index (χ0n) is 9.27. The predicted octanol–water partition coefficient (Wildman–Crippen LogP) is 1.28. The monoisotopic (exact) mass is 248 g/mol. The molecule has 0 saturated carbocycles. The summed E-state index contributed by atoms with van der Waals surface area (Å²) in [7, 11) is 0. The topological polar surface area (TPSA) is 63.6 Å². The highest BCUT2D eigenvalue weighted by atomic mass is 24.3. The lowest BCUT2D eigenvalue weighted by molar-refractivity contribution is 0.0458. The maximum absolute atomic E-state index is 11.5. The van der Waals surface area contributed by atoms with E-state index in [1.54, 1.807) is 0 Å². The summed E-state index contributed by atoms with van der Waals surface area (Å²) in [5.74, 6) is -1.16. The van der Waals surface area contributed by atoms with E-state index in [2.05, 4.69) is 0 Å². The van der Waals surface area contributed by atoms with Gasteiger partial charge in [-0.05, 0) is 30.2 Å². The van der Waals surface area contributed by atoms with Crippen molar-refractivity contribution in [2.24, 2.45) is 5.92 Å². The molecule has 1 N–H and O–H groups in total. The van der Waals surface area contributed by atoms with E-state index in [9.17, 15) is 9.59 Å². The molecule has 0 bridgehead atoms. The molecule has 17 heavy (non-hydrogen) atoms. The molecule has 0 amide bonds. The zero-order valence-corrected chi connectivity index (χ0v) is 9.27. The Balaban J connectivity index is 0.00000256. The second-order valence-electron chi connectivity index (χ2n) is 3.87. The highest BCUT2D eigenvalue weighted by molar-refractivity contribution is 5.92. The van der Waals surface area contributed by atoms with Crippen molar-refractivity contribution in [3.63, 3.8) is 0 Å². The first-order valence-electron chi connectivity index (χ1n) is 5.01. The van der Waals surface area contributed by atoms with Crippen molar-refractivity contribution in [3.05, 3.63) is 35.4 Å². The number of carbonyl (C=O) groups excluding carboxylic acids is 1. The molecule has 0 aliphatic carbocycles. The molecule has 0 atom stereocenters. The van der Waals surface area contributed by atoms with Gasteiger partial charge in [0.25, 0.3) is 0 Å². The van der Waals surface area contributed by atoms with Gasteiger partial charge in [0.05, 0.1) is 17.7 Å². The Kier molecular flexibility index (Phi) is 6.83. The summed E-state index contributed by atoms with van der Waals surface area (Å²) >= 11 is 0. The van der Waals surface area contributed by atoms with E-state index < -0.39 is 11.9 Å². The Morgan fingerprint density at radius 1 is 1.18 bits per heavy atom. The van der Waals surface area contributed by atoms with E-state index >= 15 is 0 Å². The van der Waals surface area contributed by atoms with Gasteiger partial charge in [-0.1, -0.05) is 13.8 Å². The molecule has 0 spiro atoms. The standard InChI is InChI=1S/C12H14O4.Mg.2H/c1-8(2)7-16-12(15)10-5-3-9(4-6-10)11(13)14;;;/h3-6,8H,7H2,1-2H3,(H,13,14);;;. The average Bonchev–Trinajstić information content (AvgIpc) is 2.26. The van der Waals surface area contributed by atoms with Crippen molar-refractivity contribution in [2.45, 2.75) is 13.8 Å². The van der Waals surface area contributed by atoms with Crippen molar-refractivity contribution in [1.82, 2.24) is 0 Å². The van der Waals surface area contributed by atoms with E-state index in [0.29, 0.717) is 12.2 Å². The summed E-state index contributed by atoms with van der Waals surface area (Å²) in [6, 6.07) is 5.67. The molecule has 0 aliphatic rings. The SMILES string of the molecule is CC(C)COC(=O)c1ccc(C(=O)O)cc1.[MgH2]. The van der Waals surface area contributed by atoms with Crippen LogP contribution >= 0.6 is 0 Å². The van der Waals surface area contributed by atoms with E-state index in [1.807, 2.05) is 13.8 Å². The van der Waals surface area contributed by atoms with Crippen molar-refractivity contribution in [3.8, 4) is 0 Å². The van der Waals surface area contributed by atoms with Crippen LogP contribution in [0.3, 0.4) is 0 Å². The lowest BCUT2D eigenvalue weighted by atomic mass is 10.1. The number of aromatic carboxylic acids is 1. The molecule has 4 nitrogen and oxygen atoms in total. The van der Waals surface area contributed by atoms with Gasteiger partial charge in [-0.3, -0.25) is 0 Å². The first-order valence-corrected chi connectivity index (χ1v) is 5.01. The second kappa shape index (κ2) is 7.29. The molecule has 0 radical (unpaired) electrons. The highest BCUT2D eigenvalue weighted by Crippen LogP contribution is 2.07. The number of hydrogen-bond donors (Lipinski definition) is 1. The van der Waals surface area contributed by atoms with Crippen LogP contribution in [-0.2, 0) is 4.74 Å². The molecule has 1 aromatic carbocycles. The van der Waals surface area contributed by atoms with Crippen LogP contribution in [0.5, 0.6) is 0 Å². The minimum atomic E-state index is -1.01. The van der Waals surface area contributed by atoms with Gasteiger partial charge in [-0.15, -0.1) is 0 Å². The van der Waals surface area contributed by atoms with Crippen LogP contribution in [-0.4, -0.2) is 46.7 Å². The van der Waals surface area contributed by atoms with Crippen molar-refractivity contribution in [2.75, 3.05) is 6.61 Å². The van der Waals surface area contributed by atoms with E-state index in [1.165, 1.54) is 24.3 Å². The maximum Gasteiger partial charge on any atom is 0.338 e. The Bertz CT molecular complexity index is 384. The fourth-order valence-corrected chi connectivity index (χ4v) is 1.07. The summed E-state index contributed by atoms with van der Waals surface area (Å²) in [5, 5.41) is 8.67. The highest BCUT2D eigenvalue weighted by Gasteiger charge is 2.09. The second-order valence-corrected chi connectivity index (χ2v) is 3.87. The van der Waals surface area contributed by atoms with Gasteiger partial charge in [-0.25, -0.2) is 9.59 Å². The quantitative estimate of drug-likeness (QED) is 0.644. The van der Waals surface area contributed by atoms with Crippen LogP contribution < -0.4 is 0 Å². The first kappa shape index (κ1) is 15.9. The number of carbonyl (C=O) groups is 2. The molecule has 0 saturated heterocycles. The van der Waals surface area contributed by atoms with Gasteiger partial charge < -0.3 is 9.84 Å². The third-order valence-electron chi connectivity index (χ3n) is 1.92. The molecule has 90 valence electrons. The summed E-state index contributed by atoms with van der Waals surface area (Å²) in [4.78, 5) is 22.0. The molecule has 0 aromatic heterocycles. The number of carboxylic acids is 1. The number of hydrogen-bond acceptors (Lipinski definition) is 3. The van der Waals surface area contributed by atoms with Crippen LogP contribution in [0.15, 0.2) is 24.3 Å². The van der Waals surface area contributed by atoms with Gasteiger partial charge >= 0.3 is 35.0 Å². The van der Waals surface area contributed by atoms with E-state index in [-0.39, 0.29) is 34.5 Å². The summed E-state index contributed by atoms with van der Waals surface area (Å²) < 4.78 is 5.00.